The predicted molar refractivity (Wildman–Crippen MR) is 145 cm³/mol. The second-order valence-corrected chi connectivity index (χ2v) is 12.4. The molecule has 5 nitrogen and oxygen atoms in total. The third-order valence-corrected chi connectivity index (χ3v) is 8.93. The zero-order chi connectivity index (χ0) is 25.8. The molecule has 3 N–H and O–H groups in total. The summed E-state index contributed by atoms with van der Waals surface area (Å²) in [6.45, 7) is 10.3. The van der Waals surface area contributed by atoms with Crippen LogP contribution in [0.4, 0.5) is 11.4 Å². The molecule has 0 atom stereocenters. The molecule has 4 bridgehead atoms. The van der Waals surface area contributed by atoms with Crippen molar-refractivity contribution in [2.45, 2.75) is 90.4 Å². The number of hydrogen-bond donors (Lipinski definition) is 3. The highest BCUT2D eigenvalue weighted by Gasteiger charge is 2.52. The van der Waals surface area contributed by atoms with Gasteiger partial charge in [-0.2, -0.15) is 0 Å². The first-order chi connectivity index (χ1) is 17.1. The van der Waals surface area contributed by atoms with Gasteiger partial charge in [0.05, 0.1) is 5.69 Å². The highest BCUT2D eigenvalue weighted by atomic mass is 16.3. The molecule has 6 rings (SSSR count). The normalized spacial score (nSPS) is 26.5. The average Bonchev–Trinajstić information content (AvgIpc) is 2.80. The number of anilines is 2. The molecular weight excluding hydrogens is 448 g/mol. The fraction of sp³-hybridized carbons (Fsp3) is 0.548. The maximum atomic E-state index is 13.1. The molecular formula is C31H40N2O3. The Bertz CT molecular complexity index is 1140. The van der Waals surface area contributed by atoms with Crippen LogP contribution in [0.3, 0.4) is 0 Å². The van der Waals surface area contributed by atoms with Crippen molar-refractivity contribution in [2.75, 3.05) is 10.6 Å². The van der Waals surface area contributed by atoms with Crippen molar-refractivity contribution in [3.05, 3.63) is 52.6 Å². The summed E-state index contributed by atoms with van der Waals surface area (Å²) in [4.78, 5) is 26.1. The van der Waals surface area contributed by atoms with Crippen LogP contribution in [0.2, 0.25) is 0 Å². The molecule has 4 saturated carbocycles. The van der Waals surface area contributed by atoms with Crippen molar-refractivity contribution >= 4 is 23.2 Å². The van der Waals surface area contributed by atoms with Gasteiger partial charge >= 0.3 is 11.8 Å². The van der Waals surface area contributed by atoms with E-state index in [-0.39, 0.29) is 23.0 Å². The van der Waals surface area contributed by atoms with Crippen LogP contribution in [0.1, 0.15) is 100 Å². The van der Waals surface area contributed by atoms with Gasteiger partial charge in [-0.1, -0.05) is 52.0 Å². The SMILES string of the molecule is Cc1cc(NC(=O)C(=O)Nc2c(C(C)C)cccc2C(C)C)c(O)c(C23CC4CC(CC(C4)C2)C3)c1. The van der Waals surface area contributed by atoms with Crippen molar-refractivity contribution in [2.24, 2.45) is 17.8 Å². The molecule has 4 aliphatic rings. The van der Waals surface area contributed by atoms with Crippen molar-refractivity contribution in [3.63, 3.8) is 0 Å². The second kappa shape index (κ2) is 9.24. The van der Waals surface area contributed by atoms with Crippen molar-refractivity contribution in [3.8, 4) is 5.75 Å². The Morgan fingerprint density at radius 3 is 1.86 bits per heavy atom. The van der Waals surface area contributed by atoms with Crippen LogP contribution < -0.4 is 10.6 Å². The molecule has 0 aliphatic heterocycles. The van der Waals surface area contributed by atoms with E-state index < -0.39 is 11.8 Å². The fourth-order valence-corrected chi connectivity index (χ4v) is 7.76. The Balaban J connectivity index is 1.40. The predicted octanol–water partition coefficient (Wildman–Crippen LogP) is 6.99. The van der Waals surface area contributed by atoms with Gasteiger partial charge < -0.3 is 15.7 Å². The number of rotatable bonds is 5. The molecule has 0 aromatic heterocycles. The Hall–Kier alpha value is -2.82. The number of para-hydroxylation sites is 1. The monoisotopic (exact) mass is 488 g/mol. The van der Waals surface area contributed by atoms with Gasteiger partial charge in [0.2, 0.25) is 0 Å². The summed E-state index contributed by atoms with van der Waals surface area (Å²) < 4.78 is 0. The van der Waals surface area contributed by atoms with Crippen molar-refractivity contribution < 1.29 is 14.7 Å². The van der Waals surface area contributed by atoms with Gasteiger partial charge in [0, 0.05) is 11.3 Å². The lowest BCUT2D eigenvalue weighted by Gasteiger charge is -2.57. The van der Waals surface area contributed by atoms with Gasteiger partial charge in [0.1, 0.15) is 5.75 Å². The van der Waals surface area contributed by atoms with E-state index in [9.17, 15) is 14.7 Å². The number of aryl methyl sites for hydroxylation is 1. The standard InChI is InChI=1S/C31H40N2O3/c1-17(2)23-7-6-8-24(18(3)4)27(23)33-30(36)29(35)32-26-10-19(5)9-25(28(26)34)31-14-20-11-21(15-31)13-22(12-20)16-31/h6-10,17-18,20-22,34H,11-16H2,1-5H3,(H,32,35)(H,33,36). The van der Waals surface area contributed by atoms with Crippen LogP contribution in [0.5, 0.6) is 5.75 Å². The van der Waals surface area contributed by atoms with E-state index in [4.69, 9.17) is 0 Å². The van der Waals surface area contributed by atoms with E-state index in [2.05, 4.69) is 44.4 Å². The van der Waals surface area contributed by atoms with Gasteiger partial charge in [-0.15, -0.1) is 0 Å². The summed E-state index contributed by atoms with van der Waals surface area (Å²) in [6, 6.07) is 9.86. The molecule has 0 spiro atoms. The number of nitrogens with one attached hydrogen (secondary N) is 2. The lowest BCUT2D eigenvalue weighted by molar-refractivity contribution is -0.133. The van der Waals surface area contributed by atoms with E-state index in [1.165, 1.54) is 19.3 Å². The maximum Gasteiger partial charge on any atom is 0.314 e. The van der Waals surface area contributed by atoms with Gasteiger partial charge in [-0.25, -0.2) is 0 Å². The highest BCUT2D eigenvalue weighted by molar-refractivity contribution is 6.44. The summed E-state index contributed by atoms with van der Waals surface area (Å²) in [5.41, 5.74) is 5.00. The molecule has 2 aromatic rings. The molecule has 5 heteroatoms. The zero-order valence-corrected chi connectivity index (χ0v) is 22.3. The largest absolute Gasteiger partial charge is 0.505 e. The number of hydrogen-bond acceptors (Lipinski definition) is 3. The topological polar surface area (TPSA) is 78.4 Å². The molecule has 2 amide bonds. The summed E-state index contributed by atoms with van der Waals surface area (Å²) in [5, 5.41) is 17.0. The number of phenols is 1. The molecule has 4 fully saturated rings. The summed E-state index contributed by atoms with van der Waals surface area (Å²) in [7, 11) is 0. The minimum absolute atomic E-state index is 0.00500. The van der Waals surface area contributed by atoms with Gasteiger partial charge in [0.25, 0.3) is 0 Å². The van der Waals surface area contributed by atoms with Crippen molar-refractivity contribution in [1.82, 2.24) is 0 Å². The molecule has 0 heterocycles. The van der Waals surface area contributed by atoms with Crippen LogP contribution in [0.25, 0.3) is 0 Å². The number of carbonyl (C=O) groups is 2. The lowest BCUT2D eigenvalue weighted by atomic mass is 9.48. The van der Waals surface area contributed by atoms with E-state index in [1.807, 2.05) is 25.1 Å². The summed E-state index contributed by atoms with van der Waals surface area (Å²) >= 11 is 0. The fourth-order valence-electron chi connectivity index (χ4n) is 7.76. The van der Waals surface area contributed by atoms with E-state index in [0.717, 1.165) is 59.3 Å². The van der Waals surface area contributed by atoms with E-state index in [1.54, 1.807) is 6.07 Å². The smallest absolute Gasteiger partial charge is 0.314 e. The van der Waals surface area contributed by atoms with Gasteiger partial charge in [-0.3, -0.25) is 9.59 Å². The first-order valence-corrected chi connectivity index (χ1v) is 13.7. The number of aromatic hydroxyl groups is 1. The Kier molecular flexibility index (Phi) is 6.38. The number of phenolic OH excluding ortho intramolecular Hbond substituents is 1. The second-order valence-electron chi connectivity index (χ2n) is 12.4. The molecule has 0 unspecified atom stereocenters. The third-order valence-electron chi connectivity index (χ3n) is 8.93. The minimum atomic E-state index is -0.763. The lowest BCUT2D eigenvalue weighted by Crippen LogP contribution is -2.48. The Morgan fingerprint density at radius 2 is 1.36 bits per heavy atom. The molecule has 36 heavy (non-hydrogen) atoms. The zero-order valence-electron chi connectivity index (χ0n) is 22.3. The number of amides is 2. The van der Waals surface area contributed by atoms with Crippen molar-refractivity contribution in [1.29, 1.82) is 0 Å². The Labute approximate surface area is 215 Å². The summed E-state index contributed by atoms with van der Waals surface area (Å²) in [5.74, 6) is 1.29. The van der Waals surface area contributed by atoms with Crippen LogP contribution in [0.15, 0.2) is 30.3 Å². The molecule has 0 radical (unpaired) electrons. The first kappa shape index (κ1) is 24.9. The quantitative estimate of drug-likeness (QED) is 0.313. The molecule has 4 aliphatic carbocycles. The maximum absolute atomic E-state index is 13.1. The van der Waals surface area contributed by atoms with Crippen LogP contribution in [-0.4, -0.2) is 16.9 Å². The number of carbonyl (C=O) groups excluding carboxylic acids is 2. The van der Waals surface area contributed by atoms with Crippen LogP contribution in [0, 0.1) is 24.7 Å². The highest BCUT2D eigenvalue weighted by Crippen LogP contribution is 2.62. The van der Waals surface area contributed by atoms with Gasteiger partial charge in [-0.05, 0) is 103 Å². The number of benzene rings is 2. The van der Waals surface area contributed by atoms with Crippen LogP contribution >= 0.6 is 0 Å². The first-order valence-electron chi connectivity index (χ1n) is 13.7. The van der Waals surface area contributed by atoms with E-state index >= 15 is 0 Å². The molecule has 192 valence electrons. The molecule has 0 saturated heterocycles. The third kappa shape index (κ3) is 4.42. The average molecular weight is 489 g/mol. The summed E-state index contributed by atoms with van der Waals surface area (Å²) in [6.07, 6.45) is 7.33. The Morgan fingerprint density at radius 1 is 0.861 bits per heavy atom. The van der Waals surface area contributed by atoms with E-state index in [0.29, 0.717) is 11.4 Å². The minimum Gasteiger partial charge on any atom is -0.505 e. The van der Waals surface area contributed by atoms with Gasteiger partial charge in [0.15, 0.2) is 0 Å². The van der Waals surface area contributed by atoms with Crippen LogP contribution in [-0.2, 0) is 15.0 Å². The molecule has 2 aromatic carbocycles.